The van der Waals surface area contributed by atoms with Crippen molar-refractivity contribution in [2.24, 2.45) is 0 Å². The van der Waals surface area contributed by atoms with Crippen molar-refractivity contribution in [1.82, 2.24) is 4.90 Å². The molecule has 6 heteroatoms. The monoisotopic (exact) mass is 295 g/mol. The Labute approximate surface area is 121 Å². The maximum absolute atomic E-state index is 12.6. The van der Waals surface area contributed by atoms with Crippen LogP contribution in [0, 0.1) is 0 Å². The molecular weight excluding hydrogens is 278 g/mol. The van der Waals surface area contributed by atoms with E-state index in [1.165, 1.54) is 12.0 Å². The molecule has 0 spiro atoms. The van der Waals surface area contributed by atoms with Gasteiger partial charge in [-0.1, -0.05) is 30.3 Å². The lowest BCUT2D eigenvalue weighted by molar-refractivity contribution is -0.154. The molecule has 1 N–H and O–H groups in total. The Morgan fingerprint density at radius 3 is 2.70 bits per heavy atom. The second-order valence-electron chi connectivity index (χ2n) is 4.49. The molecule has 1 aromatic rings. The molecule has 2 unspecified atom stereocenters. The van der Waals surface area contributed by atoms with Crippen molar-refractivity contribution < 1.29 is 19.4 Å². The second kappa shape index (κ2) is 6.76. The molecule has 2 atom stereocenters. The van der Waals surface area contributed by atoms with Crippen LogP contribution < -0.4 is 0 Å². The Bertz CT molecular complexity index is 479. The lowest BCUT2D eigenvalue weighted by Crippen LogP contribution is -2.52. The van der Waals surface area contributed by atoms with Crippen molar-refractivity contribution in [3.63, 3.8) is 0 Å². The number of hydrogen-bond donors (Lipinski definition) is 1. The Balaban J connectivity index is 2.21. The number of carboxylic acid groups (broad SMARTS) is 1. The van der Waals surface area contributed by atoms with Crippen molar-refractivity contribution in [3.8, 4) is 0 Å². The van der Waals surface area contributed by atoms with Gasteiger partial charge >= 0.3 is 5.97 Å². The van der Waals surface area contributed by atoms with Crippen LogP contribution in [0.2, 0.25) is 0 Å². The van der Waals surface area contributed by atoms with Crippen molar-refractivity contribution in [3.05, 3.63) is 35.9 Å². The van der Waals surface area contributed by atoms with Gasteiger partial charge < -0.3 is 14.7 Å². The molecule has 2 rings (SSSR count). The molecule has 1 aliphatic heterocycles. The number of thioether (sulfide) groups is 1. The van der Waals surface area contributed by atoms with Gasteiger partial charge in [0, 0.05) is 25.2 Å². The summed E-state index contributed by atoms with van der Waals surface area (Å²) < 4.78 is 5.29. The largest absolute Gasteiger partial charge is 0.480 e. The van der Waals surface area contributed by atoms with Gasteiger partial charge in [-0.2, -0.15) is 11.8 Å². The van der Waals surface area contributed by atoms with Gasteiger partial charge in [0.2, 0.25) is 0 Å². The molecule has 108 valence electrons. The quantitative estimate of drug-likeness (QED) is 0.909. The van der Waals surface area contributed by atoms with Crippen LogP contribution in [0.4, 0.5) is 0 Å². The van der Waals surface area contributed by atoms with Gasteiger partial charge in [0.15, 0.2) is 6.10 Å². The standard InChI is InChI=1S/C14H17NO4S/c1-19-12(10-5-3-2-4-6-10)13(16)15-7-8-20-9-11(15)14(17)18/h2-6,11-12H,7-9H2,1H3,(H,17,18). The van der Waals surface area contributed by atoms with E-state index < -0.39 is 18.1 Å². The summed E-state index contributed by atoms with van der Waals surface area (Å²) in [5.41, 5.74) is 0.738. The summed E-state index contributed by atoms with van der Waals surface area (Å²) in [7, 11) is 1.46. The van der Waals surface area contributed by atoms with E-state index in [2.05, 4.69) is 0 Å². The normalized spacial score (nSPS) is 20.4. The third kappa shape index (κ3) is 3.13. The Morgan fingerprint density at radius 2 is 2.10 bits per heavy atom. The second-order valence-corrected chi connectivity index (χ2v) is 5.64. The maximum atomic E-state index is 12.6. The highest BCUT2D eigenvalue weighted by molar-refractivity contribution is 7.99. The molecule has 1 heterocycles. The summed E-state index contributed by atoms with van der Waals surface area (Å²) in [6, 6.07) is 8.35. The van der Waals surface area contributed by atoms with Gasteiger partial charge in [-0.15, -0.1) is 0 Å². The first-order chi connectivity index (χ1) is 9.65. The fourth-order valence-corrected chi connectivity index (χ4v) is 3.27. The lowest BCUT2D eigenvalue weighted by Gasteiger charge is -2.34. The molecular formula is C14H17NO4S. The van der Waals surface area contributed by atoms with E-state index in [4.69, 9.17) is 4.74 Å². The van der Waals surface area contributed by atoms with Crippen LogP contribution in [0.15, 0.2) is 30.3 Å². The predicted molar refractivity (Wildman–Crippen MR) is 76.7 cm³/mol. The van der Waals surface area contributed by atoms with Crippen LogP contribution in [0.5, 0.6) is 0 Å². The van der Waals surface area contributed by atoms with E-state index in [9.17, 15) is 14.7 Å². The average molecular weight is 295 g/mol. The molecule has 1 aromatic carbocycles. The van der Waals surface area contributed by atoms with Crippen LogP contribution in [-0.4, -0.2) is 53.1 Å². The number of carbonyl (C=O) groups is 2. The molecule has 0 radical (unpaired) electrons. The molecule has 0 saturated carbocycles. The van der Waals surface area contributed by atoms with E-state index in [1.807, 2.05) is 18.2 Å². The summed E-state index contributed by atoms with van der Waals surface area (Å²) in [4.78, 5) is 25.3. The number of hydrogen-bond acceptors (Lipinski definition) is 4. The van der Waals surface area contributed by atoms with Gasteiger partial charge in [-0.25, -0.2) is 4.79 Å². The minimum atomic E-state index is -0.964. The minimum absolute atomic E-state index is 0.286. The van der Waals surface area contributed by atoms with Crippen LogP contribution in [0.25, 0.3) is 0 Å². The summed E-state index contributed by atoms with van der Waals surface area (Å²) in [5.74, 6) is -0.0765. The Morgan fingerprint density at radius 1 is 1.40 bits per heavy atom. The fraction of sp³-hybridized carbons (Fsp3) is 0.429. The molecule has 5 nitrogen and oxygen atoms in total. The van der Waals surface area contributed by atoms with Gasteiger partial charge in [0.25, 0.3) is 5.91 Å². The molecule has 1 saturated heterocycles. The fourth-order valence-electron chi connectivity index (χ4n) is 2.23. The first-order valence-corrected chi connectivity index (χ1v) is 7.49. The summed E-state index contributed by atoms with van der Waals surface area (Å²) in [6.45, 7) is 0.438. The van der Waals surface area contributed by atoms with E-state index in [1.54, 1.807) is 23.9 Å². The van der Waals surface area contributed by atoms with Crippen molar-refractivity contribution in [1.29, 1.82) is 0 Å². The molecule has 1 aliphatic rings. The predicted octanol–water partition coefficient (Wildman–Crippen LogP) is 1.40. The number of benzene rings is 1. The first kappa shape index (κ1) is 14.9. The number of rotatable bonds is 4. The van der Waals surface area contributed by atoms with Crippen LogP contribution in [0.3, 0.4) is 0 Å². The number of methoxy groups -OCH3 is 1. The highest BCUT2D eigenvalue weighted by Crippen LogP contribution is 2.24. The molecule has 20 heavy (non-hydrogen) atoms. The van der Waals surface area contributed by atoms with Crippen molar-refractivity contribution >= 4 is 23.6 Å². The Hall–Kier alpha value is -1.53. The van der Waals surface area contributed by atoms with Gasteiger partial charge in [0.05, 0.1) is 0 Å². The highest BCUT2D eigenvalue weighted by atomic mass is 32.2. The van der Waals surface area contributed by atoms with Crippen molar-refractivity contribution in [2.75, 3.05) is 25.2 Å². The summed E-state index contributed by atoms with van der Waals surface area (Å²) in [5, 5.41) is 9.23. The number of amides is 1. The number of nitrogens with zero attached hydrogens (tertiary/aromatic N) is 1. The molecule has 0 bridgehead atoms. The smallest absolute Gasteiger partial charge is 0.327 e. The number of carbonyl (C=O) groups excluding carboxylic acids is 1. The third-order valence-corrected chi connectivity index (χ3v) is 4.28. The van der Waals surface area contributed by atoms with Crippen molar-refractivity contribution in [2.45, 2.75) is 12.1 Å². The van der Waals surface area contributed by atoms with Gasteiger partial charge in [-0.3, -0.25) is 4.79 Å². The van der Waals surface area contributed by atoms with E-state index in [-0.39, 0.29) is 5.91 Å². The minimum Gasteiger partial charge on any atom is -0.480 e. The summed E-state index contributed by atoms with van der Waals surface area (Å²) >= 11 is 1.55. The van der Waals surface area contributed by atoms with Crippen LogP contribution in [0.1, 0.15) is 11.7 Å². The van der Waals surface area contributed by atoms with E-state index in [0.717, 1.165) is 11.3 Å². The zero-order chi connectivity index (χ0) is 14.5. The van der Waals surface area contributed by atoms with Crippen LogP contribution in [-0.2, 0) is 14.3 Å². The third-order valence-electron chi connectivity index (χ3n) is 3.26. The summed E-state index contributed by atoms with van der Waals surface area (Å²) in [6.07, 6.45) is -0.749. The van der Waals surface area contributed by atoms with Gasteiger partial charge in [0.1, 0.15) is 6.04 Å². The maximum Gasteiger partial charge on any atom is 0.327 e. The molecule has 0 aliphatic carbocycles. The SMILES string of the molecule is COC(C(=O)N1CCSCC1C(=O)O)c1ccccc1. The first-order valence-electron chi connectivity index (χ1n) is 6.34. The zero-order valence-corrected chi connectivity index (χ0v) is 12.0. The molecule has 0 aromatic heterocycles. The topological polar surface area (TPSA) is 66.8 Å². The molecule has 1 amide bonds. The Kier molecular flexibility index (Phi) is 5.03. The van der Waals surface area contributed by atoms with E-state index in [0.29, 0.717) is 12.3 Å². The molecule has 1 fully saturated rings. The average Bonchev–Trinajstić information content (AvgIpc) is 2.49. The number of carboxylic acids is 1. The highest BCUT2D eigenvalue weighted by Gasteiger charge is 2.36. The zero-order valence-electron chi connectivity index (χ0n) is 11.2. The number of ether oxygens (including phenoxy) is 1. The van der Waals surface area contributed by atoms with E-state index >= 15 is 0 Å². The van der Waals surface area contributed by atoms with Gasteiger partial charge in [-0.05, 0) is 5.56 Å². The number of aliphatic carboxylic acids is 1. The van der Waals surface area contributed by atoms with Crippen LogP contribution >= 0.6 is 11.8 Å². The lowest BCUT2D eigenvalue weighted by atomic mass is 10.1.